The van der Waals surface area contributed by atoms with Gasteiger partial charge in [0, 0.05) is 42.8 Å². The molecule has 1 N–H and O–H groups in total. The highest BCUT2D eigenvalue weighted by atomic mass is 32.1. The van der Waals surface area contributed by atoms with Crippen LogP contribution < -0.4 is 5.32 Å². The van der Waals surface area contributed by atoms with Gasteiger partial charge in [0.2, 0.25) is 6.29 Å². The second-order valence-corrected chi connectivity index (χ2v) is 13.8. The number of hydrogen-bond acceptors (Lipinski definition) is 4. The van der Waals surface area contributed by atoms with E-state index in [1.165, 1.54) is 48.3 Å². The zero-order chi connectivity index (χ0) is 32.1. The van der Waals surface area contributed by atoms with Gasteiger partial charge < -0.3 is 14.3 Å². The van der Waals surface area contributed by atoms with E-state index in [2.05, 4.69) is 149 Å². The summed E-state index contributed by atoms with van der Waals surface area (Å²) < 4.78 is 9.72. The molecule has 0 saturated heterocycles. The Balaban J connectivity index is 1.10. The number of para-hydroxylation sites is 2. The number of anilines is 1. The van der Waals surface area contributed by atoms with E-state index in [9.17, 15) is 0 Å². The van der Waals surface area contributed by atoms with Crippen molar-refractivity contribution in [2.75, 3.05) is 5.32 Å². The van der Waals surface area contributed by atoms with E-state index in [1.807, 2.05) is 12.1 Å². The lowest BCUT2D eigenvalue weighted by Gasteiger charge is -2.26. The maximum atomic E-state index is 6.12. The molecule has 230 valence electrons. The molecule has 10 aromatic rings. The highest BCUT2D eigenvalue weighted by Gasteiger charge is 2.29. The smallest absolute Gasteiger partial charge is 0.202 e. The fourth-order valence-electron chi connectivity index (χ4n) is 7.74. The predicted molar refractivity (Wildman–Crippen MR) is 206 cm³/mol. The first kappa shape index (κ1) is 26.9. The molecule has 0 amide bonds. The summed E-state index contributed by atoms with van der Waals surface area (Å²) in [6, 6.07) is 54.2. The van der Waals surface area contributed by atoms with Gasteiger partial charge in [0.25, 0.3) is 0 Å². The number of aliphatic imine (C=N–C) groups is 1. The van der Waals surface area contributed by atoms with Gasteiger partial charge in [-0.15, -0.1) is 11.3 Å². The molecule has 11 rings (SSSR count). The van der Waals surface area contributed by atoms with Crippen molar-refractivity contribution in [2.45, 2.75) is 6.29 Å². The maximum Gasteiger partial charge on any atom is 0.202 e. The number of fused-ring (bicyclic) bond motifs is 10. The van der Waals surface area contributed by atoms with Crippen LogP contribution in [0.5, 0.6) is 0 Å². The Bertz CT molecular complexity index is 2980. The van der Waals surface area contributed by atoms with E-state index in [-0.39, 0.29) is 6.29 Å². The summed E-state index contributed by atoms with van der Waals surface area (Å²) in [5.74, 6) is 0. The van der Waals surface area contributed by atoms with E-state index >= 15 is 0 Å². The molecule has 0 radical (unpaired) electrons. The average Bonchev–Trinajstić information content (AvgIpc) is 3.82. The van der Waals surface area contributed by atoms with Gasteiger partial charge in [0.05, 0.1) is 16.7 Å². The molecular weight excluding hydrogens is 619 g/mol. The van der Waals surface area contributed by atoms with Crippen molar-refractivity contribution in [3.05, 3.63) is 163 Å². The van der Waals surface area contributed by atoms with Crippen LogP contribution in [0, 0.1) is 0 Å². The molecule has 1 aliphatic heterocycles. The minimum Gasteiger partial charge on any atom is -0.456 e. The fraction of sp³-hybridized carbons (Fsp3) is 0.0227. The van der Waals surface area contributed by atoms with Gasteiger partial charge in [-0.25, -0.2) is 4.99 Å². The lowest BCUT2D eigenvalue weighted by atomic mass is 9.97. The Labute approximate surface area is 285 Å². The fourth-order valence-corrected chi connectivity index (χ4v) is 8.90. The first-order valence-corrected chi connectivity index (χ1v) is 17.4. The highest BCUT2D eigenvalue weighted by molar-refractivity contribution is 7.23. The Morgan fingerprint density at radius 2 is 1.24 bits per heavy atom. The van der Waals surface area contributed by atoms with Crippen LogP contribution in [0.1, 0.15) is 17.4 Å². The van der Waals surface area contributed by atoms with E-state index in [4.69, 9.17) is 9.41 Å². The summed E-state index contributed by atoms with van der Waals surface area (Å²) in [6.45, 7) is 0. The average molecular weight is 646 g/mol. The van der Waals surface area contributed by atoms with E-state index in [0.717, 1.165) is 49.3 Å². The topological polar surface area (TPSA) is 42.5 Å². The molecular formula is C44H27N3OS. The molecule has 1 aliphatic rings. The van der Waals surface area contributed by atoms with Crippen molar-refractivity contribution in [1.29, 1.82) is 0 Å². The van der Waals surface area contributed by atoms with Gasteiger partial charge in [-0.05, 0) is 64.4 Å². The van der Waals surface area contributed by atoms with Gasteiger partial charge in [0.15, 0.2) is 0 Å². The first-order chi connectivity index (χ1) is 24.3. The number of hydrogen-bond donors (Lipinski definition) is 1. The lowest BCUT2D eigenvalue weighted by molar-refractivity contribution is 0.627. The number of aromatic nitrogens is 1. The number of nitrogens with one attached hydrogen (secondary N) is 1. The van der Waals surface area contributed by atoms with Crippen LogP contribution in [0.25, 0.3) is 75.7 Å². The van der Waals surface area contributed by atoms with Crippen LogP contribution in [0.4, 0.5) is 5.00 Å². The molecule has 1 atom stereocenters. The summed E-state index contributed by atoms with van der Waals surface area (Å²) in [6.07, 6.45) is -0.324. The Hall–Kier alpha value is -6.17. The molecule has 4 heterocycles. The molecule has 0 saturated carbocycles. The number of rotatable bonds is 3. The van der Waals surface area contributed by atoms with Crippen LogP contribution in [0.15, 0.2) is 161 Å². The summed E-state index contributed by atoms with van der Waals surface area (Å²) in [5, 5.41) is 13.5. The van der Waals surface area contributed by atoms with Crippen molar-refractivity contribution < 1.29 is 4.42 Å². The predicted octanol–water partition coefficient (Wildman–Crippen LogP) is 12.1. The SMILES string of the molecule is c1ccc(C2=NC(n3c4ccccc4c4cc5ccccc5cc43)Nc3sc4cc(-c5ccc6oc7ccccc7c6c5)ccc4c32)cc1. The molecule has 49 heavy (non-hydrogen) atoms. The second kappa shape index (κ2) is 10.2. The van der Waals surface area contributed by atoms with Crippen LogP contribution in [-0.4, -0.2) is 10.3 Å². The highest BCUT2D eigenvalue weighted by Crippen LogP contribution is 2.45. The normalized spacial score (nSPS) is 14.6. The third-order valence-electron chi connectivity index (χ3n) is 10.0. The van der Waals surface area contributed by atoms with Gasteiger partial charge in [-0.1, -0.05) is 109 Å². The van der Waals surface area contributed by atoms with Crippen molar-refractivity contribution in [1.82, 2.24) is 4.57 Å². The van der Waals surface area contributed by atoms with E-state index in [0.29, 0.717) is 0 Å². The monoisotopic (exact) mass is 645 g/mol. The quantitative estimate of drug-likeness (QED) is 0.208. The Morgan fingerprint density at radius 1 is 0.531 bits per heavy atom. The largest absolute Gasteiger partial charge is 0.456 e. The number of benzene rings is 7. The zero-order valence-electron chi connectivity index (χ0n) is 26.2. The lowest BCUT2D eigenvalue weighted by Crippen LogP contribution is -2.23. The molecule has 7 aromatic carbocycles. The molecule has 5 heteroatoms. The van der Waals surface area contributed by atoms with Crippen molar-refractivity contribution in [3.63, 3.8) is 0 Å². The molecule has 0 aliphatic carbocycles. The summed E-state index contributed by atoms with van der Waals surface area (Å²) in [4.78, 5) is 5.54. The number of furan rings is 1. The summed E-state index contributed by atoms with van der Waals surface area (Å²) >= 11 is 1.81. The van der Waals surface area contributed by atoms with Gasteiger partial charge >= 0.3 is 0 Å². The minimum absolute atomic E-state index is 0.324. The molecule has 4 nitrogen and oxygen atoms in total. The van der Waals surface area contributed by atoms with Gasteiger partial charge in [-0.2, -0.15) is 0 Å². The van der Waals surface area contributed by atoms with E-state index in [1.54, 1.807) is 11.3 Å². The number of nitrogens with zero attached hydrogens (tertiary/aromatic N) is 2. The Kier molecular flexibility index (Phi) is 5.57. The minimum atomic E-state index is -0.324. The third-order valence-corrected chi connectivity index (χ3v) is 11.1. The van der Waals surface area contributed by atoms with Crippen molar-refractivity contribution in [3.8, 4) is 11.1 Å². The Morgan fingerprint density at radius 3 is 2.14 bits per heavy atom. The molecule has 1 unspecified atom stereocenters. The van der Waals surface area contributed by atoms with Crippen molar-refractivity contribution in [2.24, 2.45) is 4.99 Å². The maximum absolute atomic E-state index is 6.12. The van der Waals surface area contributed by atoms with Crippen LogP contribution in [0.2, 0.25) is 0 Å². The standard InChI is InChI=1S/C44H27N3OS/c1-2-10-26(11-3-1)42-41-33-20-18-30(29-19-21-39-35(23-29)32-15-7-9-17-38(32)48-39)25-40(33)49-43(41)46-44(45-42)47-36-16-8-6-14-31(36)34-22-27-12-4-5-13-28(27)24-37(34)47/h1-25,44,46H. The molecule has 3 aromatic heterocycles. The van der Waals surface area contributed by atoms with Crippen LogP contribution >= 0.6 is 11.3 Å². The third kappa shape index (κ3) is 4.00. The molecule has 0 bridgehead atoms. The van der Waals surface area contributed by atoms with Crippen LogP contribution in [0.3, 0.4) is 0 Å². The van der Waals surface area contributed by atoms with E-state index < -0.39 is 0 Å². The first-order valence-electron chi connectivity index (χ1n) is 16.6. The second-order valence-electron chi connectivity index (χ2n) is 12.8. The molecule has 0 spiro atoms. The van der Waals surface area contributed by atoms with Gasteiger partial charge in [-0.3, -0.25) is 0 Å². The molecule has 0 fully saturated rings. The van der Waals surface area contributed by atoms with Crippen molar-refractivity contribution >= 4 is 86.7 Å². The van der Waals surface area contributed by atoms with Crippen LogP contribution in [-0.2, 0) is 0 Å². The zero-order valence-corrected chi connectivity index (χ0v) is 27.0. The summed E-state index contributed by atoms with van der Waals surface area (Å²) in [7, 11) is 0. The number of thiophene rings is 1. The van der Waals surface area contributed by atoms with Gasteiger partial charge in [0.1, 0.15) is 16.2 Å². The summed E-state index contributed by atoms with van der Waals surface area (Å²) in [5.41, 5.74) is 9.80.